The topological polar surface area (TPSA) is 26.0 Å². The molecule has 2 atom stereocenters. The fourth-order valence-electron chi connectivity index (χ4n) is 4.47. The summed E-state index contributed by atoms with van der Waals surface area (Å²) in [5, 5.41) is 0. The van der Waals surface area contributed by atoms with E-state index in [0.717, 1.165) is 5.92 Å². The van der Waals surface area contributed by atoms with Crippen molar-refractivity contribution >= 4 is 0 Å². The SMILES string of the molecule is CCCCCCCCC(N)CCCCCCCC(CC)CCCCCCCC. The standard InChI is InChI=1S/C27H57N/c1-4-7-9-11-14-18-22-26(6-3)23-19-15-13-17-21-25-27(28)24-20-16-12-10-8-5-2/h26-27H,4-25,28H2,1-3H3. The summed E-state index contributed by atoms with van der Waals surface area (Å²) in [6.45, 7) is 6.99. The van der Waals surface area contributed by atoms with Gasteiger partial charge in [0.25, 0.3) is 0 Å². The Morgan fingerprint density at radius 3 is 1.11 bits per heavy atom. The summed E-state index contributed by atoms with van der Waals surface area (Å²) >= 11 is 0. The second kappa shape index (κ2) is 23.2. The molecule has 170 valence electrons. The Balaban J connectivity index is 3.37. The van der Waals surface area contributed by atoms with Crippen LogP contribution in [0.4, 0.5) is 0 Å². The lowest BCUT2D eigenvalue weighted by Gasteiger charge is -2.15. The van der Waals surface area contributed by atoms with Crippen molar-refractivity contribution in [3.05, 3.63) is 0 Å². The summed E-state index contributed by atoms with van der Waals surface area (Å²) in [6, 6.07) is 0.466. The molecule has 2 N–H and O–H groups in total. The predicted octanol–water partition coefficient (Wildman–Crippen LogP) is 9.57. The first-order chi connectivity index (χ1) is 13.7. The smallest absolute Gasteiger partial charge is 0.00388 e. The first-order valence-electron chi connectivity index (χ1n) is 13.5. The van der Waals surface area contributed by atoms with Crippen LogP contribution in [0.15, 0.2) is 0 Å². The van der Waals surface area contributed by atoms with E-state index in [1.54, 1.807) is 0 Å². The van der Waals surface area contributed by atoms with Gasteiger partial charge < -0.3 is 5.73 Å². The average molecular weight is 396 g/mol. The zero-order chi connectivity index (χ0) is 20.7. The molecule has 0 fully saturated rings. The Hall–Kier alpha value is -0.0400. The number of rotatable bonds is 23. The van der Waals surface area contributed by atoms with Crippen molar-refractivity contribution in [3.63, 3.8) is 0 Å². The quantitative estimate of drug-likeness (QED) is 0.171. The largest absolute Gasteiger partial charge is 0.328 e. The molecule has 2 unspecified atom stereocenters. The van der Waals surface area contributed by atoms with Crippen LogP contribution < -0.4 is 5.73 Å². The van der Waals surface area contributed by atoms with Crippen molar-refractivity contribution in [2.75, 3.05) is 0 Å². The van der Waals surface area contributed by atoms with Gasteiger partial charge in [-0.3, -0.25) is 0 Å². The van der Waals surface area contributed by atoms with Crippen LogP contribution in [0.2, 0.25) is 0 Å². The molecule has 1 nitrogen and oxygen atoms in total. The molecule has 0 aliphatic rings. The van der Waals surface area contributed by atoms with E-state index in [1.807, 2.05) is 0 Å². The van der Waals surface area contributed by atoms with Gasteiger partial charge in [0, 0.05) is 6.04 Å². The maximum absolute atomic E-state index is 6.30. The van der Waals surface area contributed by atoms with Crippen LogP contribution in [0, 0.1) is 5.92 Å². The summed E-state index contributed by atoms with van der Waals surface area (Å²) < 4.78 is 0. The van der Waals surface area contributed by atoms with Crippen LogP contribution in [0.1, 0.15) is 162 Å². The van der Waals surface area contributed by atoms with Gasteiger partial charge in [-0.2, -0.15) is 0 Å². The van der Waals surface area contributed by atoms with Crippen LogP contribution in [-0.2, 0) is 0 Å². The molecule has 0 saturated heterocycles. The van der Waals surface area contributed by atoms with Crippen LogP contribution in [-0.4, -0.2) is 6.04 Å². The van der Waals surface area contributed by atoms with Gasteiger partial charge in [0.05, 0.1) is 0 Å². The highest BCUT2D eigenvalue weighted by atomic mass is 14.6. The molecule has 28 heavy (non-hydrogen) atoms. The molecular weight excluding hydrogens is 338 g/mol. The third-order valence-corrected chi connectivity index (χ3v) is 6.66. The Kier molecular flexibility index (Phi) is 23.2. The van der Waals surface area contributed by atoms with Gasteiger partial charge in [-0.15, -0.1) is 0 Å². The van der Waals surface area contributed by atoms with E-state index in [1.165, 1.54) is 141 Å². The van der Waals surface area contributed by atoms with E-state index in [-0.39, 0.29) is 0 Å². The van der Waals surface area contributed by atoms with Crippen molar-refractivity contribution in [2.45, 2.75) is 168 Å². The van der Waals surface area contributed by atoms with Gasteiger partial charge in [-0.05, 0) is 18.8 Å². The number of hydrogen-bond donors (Lipinski definition) is 1. The Morgan fingerprint density at radius 2 is 0.750 bits per heavy atom. The third-order valence-electron chi connectivity index (χ3n) is 6.66. The molecule has 0 heterocycles. The van der Waals surface area contributed by atoms with E-state index in [2.05, 4.69) is 20.8 Å². The normalized spacial score (nSPS) is 13.7. The molecule has 0 aromatic rings. The number of hydrogen-bond acceptors (Lipinski definition) is 1. The third kappa shape index (κ3) is 20.7. The molecule has 1 heteroatoms. The van der Waals surface area contributed by atoms with Gasteiger partial charge in [0.2, 0.25) is 0 Å². The lowest BCUT2D eigenvalue weighted by molar-refractivity contribution is 0.391. The molecule has 0 amide bonds. The highest BCUT2D eigenvalue weighted by Gasteiger charge is 2.06. The second-order valence-corrected chi connectivity index (χ2v) is 9.49. The molecule has 0 aromatic heterocycles. The van der Waals surface area contributed by atoms with E-state index >= 15 is 0 Å². The lowest BCUT2D eigenvalue weighted by Crippen LogP contribution is -2.19. The van der Waals surface area contributed by atoms with Crippen molar-refractivity contribution in [1.29, 1.82) is 0 Å². The van der Waals surface area contributed by atoms with Gasteiger partial charge in [0.1, 0.15) is 0 Å². The van der Waals surface area contributed by atoms with E-state index < -0.39 is 0 Å². The molecule has 0 aromatic carbocycles. The van der Waals surface area contributed by atoms with Gasteiger partial charge in [-0.1, -0.05) is 149 Å². The maximum atomic E-state index is 6.30. The molecule has 0 saturated carbocycles. The Labute approximate surface area is 180 Å². The highest BCUT2D eigenvalue weighted by Crippen LogP contribution is 2.22. The summed E-state index contributed by atoms with van der Waals surface area (Å²) in [4.78, 5) is 0. The molecule has 0 radical (unpaired) electrons. The second-order valence-electron chi connectivity index (χ2n) is 9.49. The first-order valence-corrected chi connectivity index (χ1v) is 13.5. The molecule has 0 spiro atoms. The molecule has 0 aliphatic heterocycles. The molecule has 0 aliphatic carbocycles. The summed E-state index contributed by atoms with van der Waals surface area (Å²) in [6.07, 6.45) is 30.9. The molecular formula is C27H57N. The van der Waals surface area contributed by atoms with Crippen LogP contribution in [0.5, 0.6) is 0 Å². The van der Waals surface area contributed by atoms with Crippen molar-refractivity contribution in [1.82, 2.24) is 0 Å². The van der Waals surface area contributed by atoms with Crippen molar-refractivity contribution in [3.8, 4) is 0 Å². The Bertz CT molecular complexity index is 275. The number of nitrogens with two attached hydrogens (primary N) is 1. The van der Waals surface area contributed by atoms with Crippen LogP contribution in [0.25, 0.3) is 0 Å². The van der Waals surface area contributed by atoms with Gasteiger partial charge in [0.15, 0.2) is 0 Å². The lowest BCUT2D eigenvalue weighted by atomic mass is 9.92. The minimum atomic E-state index is 0.466. The van der Waals surface area contributed by atoms with Crippen LogP contribution in [0.3, 0.4) is 0 Å². The number of unbranched alkanes of at least 4 members (excludes halogenated alkanes) is 14. The zero-order valence-electron chi connectivity index (χ0n) is 20.3. The maximum Gasteiger partial charge on any atom is 0.00388 e. The summed E-state index contributed by atoms with van der Waals surface area (Å²) in [5.41, 5.74) is 6.30. The van der Waals surface area contributed by atoms with Crippen molar-refractivity contribution < 1.29 is 0 Å². The van der Waals surface area contributed by atoms with E-state index in [0.29, 0.717) is 6.04 Å². The van der Waals surface area contributed by atoms with Crippen molar-refractivity contribution in [2.24, 2.45) is 11.7 Å². The fourth-order valence-corrected chi connectivity index (χ4v) is 4.47. The van der Waals surface area contributed by atoms with E-state index in [4.69, 9.17) is 5.73 Å². The monoisotopic (exact) mass is 395 g/mol. The average Bonchev–Trinajstić information content (AvgIpc) is 2.70. The van der Waals surface area contributed by atoms with E-state index in [9.17, 15) is 0 Å². The minimum Gasteiger partial charge on any atom is -0.328 e. The minimum absolute atomic E-state index is 0.466. The van der Waals surface area contributed by atoms with Crippen LogP contribution >= 0.6 is 0 Å². The van der Waals surface area contributed by atoms with Gasteiger partial charge in [-0.25, -0.2) is 0 Å². The predicted molar refractivity (Wildman–Crippen MR) is 130 cm³/mol. The van der Waals surface area contributed by atoms with Gasteiger partial charge >= 0.3 is 0 Å². The highest BCUT2D eigenvalue weighted by molar-refractivity contribution is 4.63. The molecule has 0 bridgehead atoms. The molecule has 0 rings (SSSR count). The Morgan fingerprint density at radius 1 is 0.429 bits per heavy atom. The zero-order valence-corrected chi connectivity index (χ0v) is 20.3. The first kappa shape index (κ1) is 28.0. The fraction of sp³-hybridized carbons (Fsp3) is 1.00. The summed E-state index contributed by atoms with van der Waals surface area (Å²) in [5.74, 6) is 0.997. The summed E-state index contributed by atoms with van der Waals surface area (Å²) in [7, 11) is 0.